The summed E-state index contributed by atoms with van der Waals surface area (Å²) in [5.41, 5.74) is 1.45. The van der Waals surface area contributed by atoms with Gasteiger partial charge in [-0.25, -0.2) is 4.68 Å². The van der Waals surface area contributed by atoms with Gasteiger partial charge in [-0.1, -0.05) is 33.3 Å². The van der Waals surface area contributed by atoms with Gasteiger partial charge >= 0.3 is 0 Å². The standard InChI is InChI=1S/C11H9Br2N3O/c1-16-10(11(13)14-15-16)9(17)6-7-3-2-4-8(12)5-7/h2-5H,6H2,1H3. The second kappa shape index (κ2) is 5.10. The van der Waals surface area contributed by atoms with E-state index < -0.39 is 0 Å². The largest absolute Gasteiger partial charge is 0.292 e. The van der Waals surface area contributed by atoms with Crippen molar-refractivity contribution in [1.82, 2.24) is 15.0 Å². The first-order chi connectivity index (χ1) is 8.08. The highest BCUT2D eigenvalue weighted by molar-refractivity contribution is 9.10. The van der Waals surface area contributed by atoms with Gasteiger partial charge in [0.2, 0.25) is 0 Å². The molecular weight excluding hydrogens is 350 g/mol. The highest BCUT2D eigenvalue weighted by atomic mass is 79.9. The summed E-state index contributed by atoms with van der Waals surface area (Å²) >= 11 is 6.60. The Kier molecular flexibility index (Phi) is 3.73. The maximum Gasteiger partial charge on any atom is 0.188 e. The number of halogens is 2. The van der Waals surface area contributed by atoms with Crippen LogP contribution in [-0.2, 0) is 13.5 Å². The van der Waals surface area contributed by atoms with E-state index in [1.54, 1.807) is 7.05 Å². The van der Waals surface area contributed by atoms with E-state index >= 15 is 0 Å². The van der Waals surface area contributed by atoms with Crippen molar-refractivity contribution >= 4 is 37.6 Å². The first-order valence-corrected chi connectivity index (χ1v) is 6.49. The lowest BCUT2D eigenvalue weighted by Crippen LogP contribution is -2.10. The fourth-order valence-corrected chi connectivity index (χ4v) is 2.54. The van der Waals surface area contributed by atoms with Crippen molar-refractivity contribution < 1.29 is 4.79 Å². The molecule has 0 fully saturated rings. The summed E-state index contributed by atoms with van der Waals surface area (Å²) in [5.74, 6) is -0.0116. The number of hydrogen-bond acceptors (Lipinski definition) is 3. The third kappa shape index (κ3) is 2.81. The minimum atomic E-state index is -0.0116. The predicted molar refractivity (Wildman–Crippen MR) is 70.9 cm³/mol. The number of aryl methyl sites for hydroxylation is 1. The quantitative estimate of drug-likeness (QED) is 0.792. The fraction of sp³-hybridized carbons (Fsp3) is 0.182. The molecule has 0 aliphatic rings. The van der Waals surface area contributed by atoms with Gasteiger partial charge in [0.25, 0.3) is 0 Å². The number of aromatic nitrogens is 3. The monoisotopic (exact) mass is 357 g/mol. The number of nitrogens with zero attached hydrogens (tertiary/aromatic N) is 3. The number of carbonyl (C=O) groups excluding carboxylic acids is 1. The first-order valence-electron chi connectivity index (χ1n) is 4.90. The van der Waals surface area contributed by atoms with Crippen LogP contribution in [0, 0.1) is 0 Å². The van der Waals surface area contributed by atoms with Crippen LogP contribution in [0.25, 0.3) is 0 Å². The van der Waals surface area contributed by atoms with Crippen molar-refractivity contribution in [3.05, 3.63) is 44.6 Å². The molecule has 0 bridgehead atoms. The molecule has 1 aromatic heterocycles. The van der Waals surface area contributed by atoms with Crippen LogP contribution >= 0.6 is 31.9 Å². The van der Waals surface area contributed by atoms with Gasteiger partial charge in [-0.3, -0.25) is 4.79 Å². The first kappa shape index (κ1) is 12.4. The predicted octanol–water partition coefficient (Wildman–Crippen LogP) is 2.77. The molecule has 0 radical (unpaired) electrons. The molecule has 88 valence electrons. The van der Waals surface area contributed by atoms with E-state index in [4.69, 9.17) is 0 Å². The average Bonchev–Trinajstić information content (AvgIpc) is 2.58. The number of Topliss-reactive ketones (excluding diaryl/α,β-unsaturated/α-hetero) is 1. The van der Waals surface area contributed by atoms with E-state index in [0.717, 1.165) is 10.0 Å². The molecular formula is C11H9Br2N3O. The highest BCUT2D eigenvalue weighted by Gasteiger charge is 2.17. The summed E-state index contributed by atoms with van der Waals surface area (Å²) in [4.78, 5) is 12.1. The molecule has 0 atom stereocenters. The Balaban J connectivity index is 2.23. The fourth-order valence-electron chi connectivity index (χ4n) is 1.54. The Morgan fingerprint density at radius 3 is 2.76 bits per heavy atom. The summed E-state index contributed by atoms with van der Waals surface area (Å²) in [6.07, 6.45) is 0.333. The molecule has 1 heterocycles. The summed E-state index contributed by atoms with van der Waals surface area (Å²) in [7, 11) is 1.70. The zero-order chi connectivity index (χ0) is 12.4. The second-order valence-electron chi connectivity index (χ2n) is 3.58. The molecule has 17 heavy (non-hydrogen) atoms. The SMILES string of the molecule is Cn1nnc(Br)c1C(=O)Cc1cccc(Br)c1. The Morgan fingerprint density at radius 2 is 2.18 bits per heavy atom. The van der Waals surface area contributed by atoms with Crippen molar-refractivity contribution in [3.8, 4) is 0 Å². The molecule has 0 N–H and O–H groups in total. The third-order valence-electron chi connectivity index (χ3n) is 2.30. The molecule has 0 saturated carbocycles. The van der Waals surface area contributed by atoms with Crippen molar-refractivity contribution in [3.63, 3.8) is 0 Å². The molecule has 1 aromatic carbocycles. The Hall–Kier alpha value is -1.01. The number of carbonyl (C=O) groups is 1. The Morgan fingerprint density at radius 1 is 1.41 bits per heavy atom. The topological polar surface area (TPSA) is 47.8 Å². The van der Waals surface area contributed by atoms with Crippen LogP contribution in [0.4, 0.5) is 0 Å². The van der Waals surface area contributed by atoms with Crippen molar-refractivity contribution in [2.75, 3.05) is 0 Å². The van der Waals surface area contributed by atoms with Crippen LogP contribution in [-0.4, -0.2) is 20.8 Å². The van der Waals surface area contributed by atoms with E-state index in [9.17, 15) is 4.79 Å². The maximum absolute atomic E-state index is 12.1. The van der Waals surface area contributed by atoms with Crippen LogP contribution in [0.2, 0.25) is 0 Å². The summed E-state index contributed by atoms with van der Waals surface area (Å²) in [6, 6.07) is 7.68. The zero-order valence-electron chi connectivity index (χ0n) is 9.02. The minimum absolute atomic E-state index is 0.0116. The van der Waals surface area contributed by atoms with Crippen LogP contribution in [0.15, 0.2) is 33.3 Å². The van der Waals surface area contributed by atoms with Gasteiger partial charge < -0.3 is 0 Å². The second-order valence-corrected chi connectivity index (χ2v) is 5.25. The van der Waals surface area contributed by atoms with Gasteiger partial charge in [-0.05, 0) is 33.6 Å². The van der Waals surface area contributed by atoms with Gasteiger partial charge in [0.15, 0.2) is 10.4 Å². The van der Waals surface area contributed by atoms with Crippen LogP contribution < -0.4 is 0 Å². The van der Waals surface area contributed by atoms with E-state index in [0.29, 0.717) is 16.7 Å². The molecule has 2 aromatic rings. The lowest BCUT2D eigenvalue weighted by molar-refractivity contribution is 0.0983. The molecule has 0 saturated heterocycles. The minimum Gasteiger partial charge on any atom is -0.292 e. The van der Waals surface area contributed by atoms with E-state index in [2.05, 4.69) is 42.2 Å². The maximum atomic E-state index is 12.1. The summed E-state index contributed by atoms with van der Waals surface area (Å²) in [6.45, 7) is 0. The third-order valence-corrected chi connectivity index (χ3v) is 3.33. The molecule has 0 unspecified atom stereocenters. The Bertz CT molecular complexity index is 546. The van der Waals surface area contributed by atoms with Crippen molar-refractivity contribution in [2.24, 2.45) is 7.05 Å². The van der Waals surface area contributed by atoms with Gasteiger partial charge in [-0.2, -0.15) is 0 Å². The number of hydrogen-bond donors (Lipinski definition) is 0. The molecule has 2 rings (SSSR count). The lowest BCUT2D eigenvalue weighted by atomic mass is 10.1. The molecule has 6 heteroatoms. The van der Waals surface area contributed by atoms with Crippen LogP contribution in [0.1, 0.15) is 16.1 Å². The molecule has 0 aliphatic heterocycles. The molecule has 0 aliphatic carbocycles. The van der Waals surface area contributed by atoms with Crippen molar-refractivity contribution in [1.29, 1.82) is 0 Å². The smallest absolute Gasteiger partial charge is 0.188 e. The van der Waals surface area contributed by atoms with Gasteiger partial charge in [0.1, 0.15) is 5.69 Å². The van der Waals surface area contributed by atoms with Crippen LogP contribution in [0.3, 0.4) is 0 Å². The van der Waals surface area contributed by atoms with E-state index in [-0.39, 0.29) is 5.78 Å². The number of rotatable bonds is 3. The summed E-state index contributed by atoms with van der Waals surface area (Å²) < 4.78 is 2.93. The van der Waals surface area contributed by atoms with Gasteiger partial charge in [-0.15, -0.1) is 5.10 Å². The van der Waals surface area contributed by atoms with E-state index in [1.807, 2.05) is 24.3 Å². The number of ketones is 1. The van der Waals surface area contributed by atoms with Crippen molar-refractivity contribution in [2.45, 2.75) is 6.42 Å². The number of benzene rings is 1. The highest BCUT2D eigenvalue weighted by Crippen LogP contribution is 2.17. The zero-order valence-corrected chi connectivity index (χ0v) is 12.2. The van der Waals surface area contributed by atoms with Gasteiger partial charge in [0, 0.05) is 17.9 Å². The molecule has 4 nitrogen and oxygen atoms in total. The Labute approximate surface area is 115 Å². The molecule has 0 spiro atoms. The van der Waals surface area contributed by atoms with E-state index in [1.165, 1.54) is 4.68 Å². The average molecular weight is 359 g/mol. The van der Waals surface area contributed by atoms with Gasteiger partial charge in [0.05, 0.1) is 0 Å². The summed E-state index contributed by atoms with van der Waals surface area (Å²) in [5, 5.41) is 7.58. The molecule has 0 amide bonds. The lowest BCUT2D eigenvalue weighted by Gasteiger charge is -2.02. The van der Waals surface area contributed by atoms with Crippen LogP contribution in [0.5, 0.6) is 0 Å². The normalized spacial score (nSPS) is 10.5.